The molecule has 0 bridgehead atoms. The number of nitrogens with zero attached hydrogens (tertiary/aromatic N) is 1. The number of halogens is 2. The Bertz CT molecular complexity index is 609. The summed E-state index contributed by atoms with van der Waals surface area (Å²) in [5.41, 5.74) is -0.787. The molecule has 0 spiro atoms. The van der Waals surface area contributed by atoms with Gasteiger partial charge in [0, 0.05) is 22.7 Å². The molecule has 6 nitrogen and oxygen atoms in total. The highest BCUT2D eigenvalue weighted by Crippen LogP contribution is 2.29. The Kier molecular flexibility index (Phi) is 4.26. The van der Waals surface area contributed by atoms with Crippen molar-refractivity contribution in [1.82, 2.24) is 4.73 Å². The number of benzene rings is 1. The first-order valence-electron chi connectivity index (χ1n) is 5.36. The van der Waals surface area contributed by atoms with Crippen LogP contribution in [0.2, 0.25) is 5.02 Å². The predicted molar refractivity (Wildman–Crippen MR) is 70.9 cm³/mol. The zero-order valence-electron chi connectivity index (χ0n) is 9.86. The lowest BCUT2D eigenvalue weighted by Crippen LogP contribution is -2.21. The highest BCUT2D eigenvalue weighted by atomic mass is 35.5. The molecule has 8 heteroatoms. The summed E-state index contributed by atoms with van der Waals surface area (Å²) in [5, 5.41) is 18.9. The van der Waals surface area contributed by atoms with E-state index in [-0.39, 0.29) is 0 Å². The van der Waals surface area contributed by atoms with Gasteiger partial charge in [-0.05, 0) is 6.07 Å². The minimum Gasteiger partial charge on any atom is -0.492 e. The van der Waals surface area contributed by atoms with Gasteiger partial charge < -0.3 is 14.9 Å². The second-order valence-electron chi connectivity index (χ2n) is 3.64. The summed E-state index contributed by atoms with van der Waals surface area (Å²) in [5.74, 6) is -0.938. The molecule has 1 aromatic carbocycles. The van der Waals surface area contributed by atoms with Crippen LogP contribution in [0.5, 0.6) is 11.8 Å². The lowest BCUT2D eigenvalue weighted by molar-refractivity contribution is 0.0274. The van der Waals surface area contributed by atoms with Crippen molar-refractivity contribution in [2.45, 2.75) is 5.56 Å². The van der Waals surface area contributed by atoms with Crippen molar-refractivity contribution in [2.24, 2.45) is 0 Å². The van der Waals surface area contributed by atoms with Crippen LogP contribution in [0.25, 0.3) is 0 Å². The smallest absolute Gasteiger partial charge is 0.492 e. The Labute approximate surface area is 123 Å². The molecule has 106 valence electrons. The first-order valence-corrected chi connectivity index (χ1v) is 6.17. The summed E-state index contributed by atoms with van der Waals surface area (Å²) in [7, 11) is 0. The van der Waals surface area contributed by atoms with Crippen LogP contribution in [0.15, 0.2) is 36.4 Å². The Morgan fingerprint density at radius 3 is 2.35 bits per heavy atom. The number of alkyl halides is 1. The van der Waals surface area contributed by atoms with Crippen molar-refractivity contribution in [1.29, 1.82) is 0 Å². The molecule has 1 heterocycles. The maximum absolute atomic E-state index is 11.5. The molecule has 1 unspecified atom stereocenters. The van der Waals surface area contributed by atoms with E-state index in [0.717, 1.165) is 12.1 Å². The van der Waals surface area contributed by atoms with Crippen molar-refractivity contribution in [3.8, 4) is 11.8 Å². The first-order chi connectivity index (χ1) is 9.49. The number of aromatic nitrogens is 1. The molecule has 0 aliphatic carbocycles. The molecule has 0 aliphatic rings. The molecule has 0 amide bonds. The van der Waals surface area contributed by atoms with Gasteiger partial charge in [0.05, 0.1) is 0 Å². The molecular formula is C12H9Cl2NO5. The summed E-state index contributed by atoms with van der Waals surface area (Å²) in [6.45, 7) is 0. The largest absolute Gasteiger partial charge is 0.535 e. The van der Waals surface area contributed by atoms with Gasteiger partial charge in [-0.15, -0.1) is 4.73 Å². The average Bonchev–Trinajstić information content (AvgIpc) is 2.71. The highest BCUT2D eigenvalue weighted by molar-refractivity contribution is 6.32. The molecule has 0 saturated heterocycles. The van der Waals surface area contributed by atoms with Crippen molar-refractivity contribution >= 4 is 29.4 Å². The van der Waals surface area contributed by atoms with Crippen molar-refractivity contribution in [3.05, 3.63) is 47.0 Å². The number of hydrogen-bond donors (Lipinski definition) is 2. The number of carbonyl (C=O) groups excluding carboxylic acids is 1. The summed E-state index contributed by atoms with van der Waals surface area (Å²) in [6.07, 6.45) is -1.22. The van der Waals surface area contributed by atoms with Gasteiger partial charge in [0.2, 0.25) is 17.3 Å². The van der Waals surface area contributed by atoms with Crippen LogP contribution in [-0.4, -0.2) is 21.1 Å². The molecule has 20 heavy (non-hydrogen) atoms. The molecule has 0 fully saturated rings. The summed E-state index contributed by atoms with van der Waals surface area (Å²) >= 11 is 11.8. The minimum atomic E-state index is -1.22. The van der Waals surface area contributed by atoms with Crippen molar-refractivity contribution in [2.75, 3.05) is 0 Å². The fraction of sp³-hybridized carbons (Fsp3) is 0.0833. The molecule has 2 N–H and O–H groups in total. The van der Waals surface area contributed by atoms with E-state index in [1.807, 2.05) is 0 Å². The van der Waals surface area contributed by atoms with Gasteiger partial charge in [0.15, 0.2) is 0 Å². The molecular weight excluding hydrogens is 309 g/mol. The Balaban J connectivity index is 2.04. The molecule has 0 saturated carbocycles. The van der Waals surface area contributed by atoms with Crippen LogP contribution in [0.4, 0.5) is 4.79 Å². The van der Waals surface area contributed by atoms with E-state index in [4.69, 9.17) is 27.9 Å². The van der Waals surface area contributed by atoms with Crippen LogP contribution in [-0.2, 0) is 4.74 Å². The van der Waals surface area contributed by atoms with E-state index in [9.17, 15) is 15.0 Å². The maximum Gasteiger partial charge on any atom is 0.535 e. The van der Waals surface area contributed by atoms with Gasteiger partial charge in [-0.25, -0.2) is 4.79 Å². The number of carbonyl (C=O) groups is 1. The fourth-order valence-corrected chi connectivity index (χ4v) is 1.95. The predicted octanol–water partition coefficient (Wildman–Crippen LogP) is 3.06. The molecule has 0 radical (unpaired) electrons. The average molecular weight is 318 g/mol. The van der Waals surface area contributed by atoms with E-state index in [1.54, 1.807) is 24.3 Å². The Hall–Kier alpha value is -2.05. The summed E-state index contributed by atoms with van der Waals surface area (Å²) in [6, 6.07) is 8.81. The van der Waals surface area contributed by atoms with Crippen LogP contribution in [0, 0.1) is 0 Å². The van der Waals surface area contributed by atoms with Crippen LogP contribution < -0.4 is 4.84 Å². The third-order valence-electron chi connectivity index (χ3n) is 2.31. The topological polar surface area (TPSA) is 80.9 Å². The molecule has 1 aromatic heterocycles. The molecule has 2 aromatic rings. The van der Waals surface area contributed by atoms with Crippen LogP contribution >= 0.6 is 23.2 Å². The van der Waals surface area contributed by atoms with Crippen molar-refractivity contribution < 1.29 is 24.6 Å². The third-order valence-corrected chi connectivity index (χ3v) is 2.98. The second-order valence-corrected chi connectivity index (χ2v) is 4.44. The van der Waals surface area contributed by atoms with E-state index < -0.39 is 23.5 Å². The first kappa shape index (κ1) is 14.4. The number of hydrogen-bond acceptors (Lipinski definition) is 5. The van der Waals surface area contributed by atoms with Crippen molar-refractivity contribution in [3.63, 3.8) is 0 Å². The quantitative estimate of drug-likeness (QED) is 0.671. The van der Waals surface area contributed by atoms with Crippen LogP contribution in [0.3, 0.4) is 0 Å². The van der Waals surface area contributed by atoms with E-state index in [0.29, 0.717) is 15.3 Å². The third kappa shape index (κ3) is 3.09. The Morgan fingerprint density at radius 2 is 1.75 bits per heavy atom. The second kappa shape index (κ2) is 5.94. The lowest BCUT2D eigenvalue weighted by Gasteiger charge is -2.13. The van der Waals surface area contributed by atoms with Gasteiger partial charge in [0.1, 0.15) is 0 Å². The number of aromatic hydroxyl groups is 2. The summed E-state index contributed by atoms with van der Waals surface area (Å²) < 4.78 is 5.26. The normalized spacial score (nSPS) is 11.9. The molecule has 0 aliphatic heterocycles. The maximum atomic E-state index is 11.5. The monoisotopic (exact) mass is 317 g/mol. The van der Waals surface area contributed by atoms with Gasteiger partial charge in [-0.1, -0.05) is 41.4 Å². The number of rotatable bonds is 3. The Morgan fingerprint density at radius 1 is 1.15 bits per heavy atom. The van der Waals surface area contributed by atoms with Gasteiger partial charge >= 0.3 is 6.16 Å². The zero-order chi connectivity index (χ0) is 14.7. The van der Waals surface area contributed by atoms with E-state index in [2.05, 4.69) is 4.84 Å². The number of ether oxygens (including phenoxy) is 1. The van der Waals surface area contributed by atoms with Gasteiger partial charge in [-0.3, -0.25) is 4.84 Å². The highest BCUT2D eigenvalue weighted by Gasteiger charge is 2.20. The zero-order valence-corrected chi connectivity index (χ0v) is 11.4. The molecule has 2 rings (SSSR count). The minimum absolute atomic E-state index is 0.326. The lowest BCUT2D eigenvalue weighted by atomic mass is 10.2. The standard InChI is InChI=1S/C12H9Cl2NO5/c13-8-4-2-1-3-7(8)11(14)19-12(18)20-15-9(16)5-6-10(15)17/h1-6,11,16-17H. The van der Waals surface area contributed by atoms with Gasteiger partial charge in [-0.2, -0.15) is 0 Å². The molecule has 1 atom stereocenters. The fourth-order valence-electron chi connectivity index (χ4n) is 1.40. The van der Waals surface area contributed by atoms with E-state index in [1.165, 1.54) is 0 Å². The van der Waals surface area contributed by atoms with Crippen LogP contribution in [0.1, 0.15) is 11.1 Å². The summed E-state index contributed by atoms with van der Waals surface area (Å²) in [4.78, 5) is 16.1. The SMILES string of the molecule is O=C(OC(Cl)c1ccccc1Cl)On1c(O)ccc1O. The van der Waals surface area contributed by atoms with Gasteiger partial charge in [0.25, 0.3) is 0 Å². The van der Waals surface area contributed by atoms with E-state index >= 15 is 0 Å².